The number of rotatable bonds is 4. The second-order valence-corrected chi connectivity index (χ2v) is 5.60. The van der Waals surface area contributed by atoms with Crippen LogP contribution in [0.5, 0.6) is 5.75 Å². The van der Waals surface area contributed by atoms with Crippen molar-refractivity contribution < 1.29 is 9.53 Å². The molecule has 22 heavy (non-hydrogen) atoms. The molecule has 0 bridgehead atoms. The molecule has 1 aliphatic heterocycles. The molecule has 0 saturated heterocycles. The average molecular weight is 321 g/mol. The summed E-state index contributed by atoms with van der Waals surface area (Å²) in [6.07, 6.45) is 0.250. The summed E-state index contributed by atoms with van der Waals surface area (Å²) in [6, 6.07) is 6.90. The molecular weight excluding hydrogens is 304 g/mol. The van der Waals surface area contributed by atoms with E-state index in [1.807, 2.05) is 0 Å². The number of carbonyl (C=O) groups excluding carboxylic acids is 1. The molecule has 1 amide bonds. The van der Waals surface area contributed by atoms with Gasteiger partial charge in [-0.1, -0.05) is 11.6 Å². The van der Waals surface area contributed by atoms with E-state index >= 15 is 0 Å². The average Bonchev–Trinajstić information content (AvgIpc) is 2.93. The van der Waals surface area contributed by atoms with Gasteiger partial charge in [-0.15, -0.1) is 0 Å². The number of nitrogens with one attached hydrogen (secondary N) is 3. The van der Waals surface area contributed by atoms with Gasteiger partial charge in [0.05, 0.1) is 0 Å². The van der Waals surface area contributed by atoms with Gasteiger partial charge >= 0.3 is 0 Å². The minimum absolute atomic E-state index is 0.241. The highest BCUT2D eigenvalue weighted by atomic mass is 35.5. The van der Waals surface area contributed by atoms with Crippen LogP contribution in [0.2, 0.25) is 5.02 Å². The number of aromatic amines is 1. The van der Waals surface area contributed by atoms with Gasteiger partial charge in [-0.25, -0.2) is 0 Å². The number of aromatic nitrogens is 2. The Hall–Kier alpha value is -2.05. The van der Waals surface area contributed by atoms with Crippen molar-refractivity contribution in [3.05, 3.63) is 40.5 Å². The predicted octanol–water partition coefficient (Wildman–Crippen LogP) is 2.11. The third-order valence-corrected chi connectivity index (χ3v) is 3.80. The molecule has 0 radical (unpaired) electrons. The lowest BCUT2D eigenvalue weighted by molar-refractivity contribution is -0.122. The Morgan fingerprint density at radius 2 is 2.18 bits per heavy atom. The van der Waals surface area contributed by atoms with E-state index in [4.69, 9.17) is 16.3 Å². The Morgan fingerprint density at radius 1 is 1.41 bits per heavy atom. The van der Waals surface area contributed by atoms with E-state index in [2.05, 4.69) is 20.8 Å². The summed E-state index contributed by atoms with van der Waals surface area (Å²) in [4.78, 5) is 12.2. The van der Waals surface area contributed by atoms with Crippen LogP contribution in [0.4, 0.5) is 5.82 Å². The Morgan fingerprint density at radius 3 is 2.95 bits per heavy atom. The van der Waals surface area contributed by atoms with Crippen molar-refractivity contribution in [3.63, 3.8) is 0 Å². The number of benzene rings is 1. The number of anilines is 1. The second-order valence-electron chi connectivity index (χ2n) is 5.16. The maximum Gasteiger partial charge on any atom is 0.266 e. The zero-order valence-electron chi connectivity index (χ0n) is 12.1. The van der Waals surface area contributed by atoms with Crippen LogP contribution in [0.15, 0.2) is 24.3 Å². The topological polar surface area (TPSA) is 79.0 Å². The fourth-order valence-corrected chi connectivity index (χ4v) is 2.44. The fourth-order valence-electron chi connectivity index (χ4n) is 2.32. The number of H-pyrrole nitrogens is 1. The number of carbonyl (C=O) groups is 1. The van der Waals surface area contributed by atoms with Crippen LogP contribution in [-0.2, 0) is 17.8 Å². The largest absolute Gasteiger partial charge is 0.481 e. The fraction of sp³-hybridized carbons (Fsp3) is 0.333. The number of ether oxygens (including phenoxy) is 1. The zero-order valence-corrected chi connectivity index (χ0v) is 12.9. The van der Waals surface area contributed by atoms with Gasteiger partial charge in [-0.3, -0.25) is 9.89 Å². The van der Waals surface area contributed by atoms with Gasteiger partial charge in [0.25, 0.3) is 5.91 Å². The van der Waals surface area contributed by atoms with E-state index in [1.165, 1.54) is 0 Å². The third-order valence-electron chi connectivity index (χ3n) is 3.54. The molecule has 3 rings (SSSR count). The summed E-state index contributed by atoms with van der Waals surface area (Å²) in [5.74, 6) is 0.923. The first-order valence-electron chi connectivity index (χ1n) is 7.13. The molecule has 1 aromatic carbocycles. The number of fused-ring (bicyclic) bond motifs is 1. The van der Waals surface area contributed by atoms with E-state index in [1.54, 1.807) is 31.2 Å². The van der Waals surface area contributed by atoms with Crippen LogP contribution < -0.4 is 15.4 Å². The Labute approximate surface area is 133 Å². The Kier molecular flexibility index (Phi) is 4.31. The molecule has 1 aromatic heterocycles. The summed E-state index contributed by atoms with van der Waals surface area (Å²) in [5, 5.41) is 13.8. The van der Waals surface area contributed by atoms with Gasteiger partial charge in [0.15, 0.2) is 11.9 Å². The molecule has 0 spiro atoms. The van der Waals surface area contributed by atoms with Crippen molar-refractivity contribution in [2.75, 3.05) is 11.9 Å². The predicted molar refractivity (Wildman–Crippen MR) is 84.2 cm³/mol. The maximum absolute atomic E-state index is 12.2. The normalized spacial score (nSPS) is 15.0. The van der Waals surface area contributed by atoms with Crippen LogP contribution in [0.25, 0.3) is 0 Å². The first-order chi connectivity index (χ1) is 10.6. The number of hydrogen-bond donors (Lipinski definition) is 3. The monoisotopic (exact) mass is 320 g/mol. The van der Waals surface area contributed by atoms with E-state index in [9.17, 15) is 4.79 Å². The molecule has 1 unspecified atom stereocenters. The lowest BCUT2D eigenvalue weighted by atomic mass is 10.1. The molecule has 1 aliphatic rings. The summed E-state index contributed by atoms with van der Waals surface area (Å²) in [6.45, 7) is 3.31. The van der Waals surface area contributed by atoms with E-state index in [0.717, 1.165) is 24.2 Å². The van der Waals surface area contributed by atoms with Crippen LogP contribution in [0, 0.1) is 0 Å². The van der Waals surface area contributed by atoms with Gasteiger partial charge in [0.2, 0.25) is 0 Å². The number of nitrogens with zero attached hydrogens (tertiary/aromatic N) is 1. The summed E-state index contributed by atoms with van der Waals surface area (Å²) >= 11 is 5.82. The molecule has 6 nitrogen and oxygen atoms in total. The van der Waals surface area contributed by atoms with Crippen molar-refractivity contribution in [2.45, 2.75) is 26.0 Å². The van der Waals surface area contributed by atoms with E-state index in [0.29, 0.717) is 23.1 Å². The van der Waals surface area contributed by atoms with Crippen molar-refractivity contribution in [1.29, 1.82) is 0 Å². The summed E-state index contributed by atoms with van der Waals surface area (Å²) in [7, 11) is 0. The second kappa shape index (κ2) is 6.37. The zero-order chi connectivity index (χ0) is 15.5. The van der Waals surface area contributed by atoms with Crippen molar-refractivity contribution in [1.82, 2.24) is 15.5 Å². The van der Waals surface area contributed by atoms with Crippen molar-refractivity contribution in [3.8, 4) is 5.75 Å². The molecule has 116 valence electrons. The highest BCUT2D eigenvalue weighted by molar-refractivity contribution is 6.30. The van der Waals surface area contributed by atoms with Crippen LogP contribution in [0.3, 0.4) is 0 Å². The molecule has 0 aliphatic carbocycles. The Balaban J connectivity index is 1.64. The van der Waals surface area contributed by atoms with Gasteiger partial charge in [-0.05, 0) is 31.2 Å². The number of halogens is 1. The van der Waals surface area contributed by atoms with Crippen molar-refractivity contribution in [2.24, 2.45) is 0 Å². The summed E-state index contributed by atoms with van der Waals surface area (Å²) < 4.78 is 5.60. The first-order valence-corrected chi connectivity index (χ1v) is 7.51. The molecular formula is C15H17ClN4O2. The molecule has 2 heterocycles. The van der Waals surface area contributed by atoms with E-state index in [-0.39, 0.29) is 5.91 Å². The lowest BCUT2D eigenvalue weighted by Gasteiger charge is -2.16. The van der Waals surface area contributed by atoms with Gasteiger partial charge in [-0.2, -0.15) is 5.10 Å². The Bertz CT molecular complexity index is 669. The third kappa shape index (κ3) is 3.23. The minimum atomic E-state index is -0.634. The highest BCUT2D eigenvalue weighted by Gasteiger charge is 2.21. The number of amides is 1. The maximum atomic E-state index is 12.2. The van der Waals surface area contributed by atoms with Crippen LogP contribution in [-0.4, -0.2) is 28.8 Å². The van der Waals surface area contributed by atoms with E-state index < -0.39 is 6.10 Å². The molecule has 3 N–H and O–H groups in total. The standard InChI is InChI=1S/C15H17ClN4O2/c1-9(22-11-4-2-10(16)3-5-11)15(21)18-14-12-8-17-7-6-13(12)19-20-14/h2-5,9,17H,6-8H2,1H3,(H2,18,19,20,21). The SMILES string of the molecule is CC(Oc1ccc(Cl)cc1)C(=O)Nc1n[nH]c2c1CNCC2. The quantitative estimate of drug-likeness (QED) is 0.806. The van der Waals surface area contributed by atoms with Crippen molar-refractivity contribution >= 4 is 23.3 Å². The van der Waals surface area contributed by atoms with Gasteiger partial charge in [0.1, 0.15) is 5.75 Å². The molecule has 0 fully saturated rings. The minimum Gasteiger partial charge on any atom is -0.481 e. The lowest BCUT2D eigenvalue weighted by Crippen LogP contribution is -2.31. The summed E-state index contributed by atoms with van der Waals surface area (Å²) in [5.41, 5.74) is 2.08. The number of hydrogen-bond acceptors (Lipinski definition) is 4. The van der Waals surface area contributed by atoms with Gasteiger partial charge in [0, 0.05) is 35.8 Å². The molecule has 7 heteroatoms. The van der Waals surface area contributed by atoms with Gasteiger partial charge < -0.3 is 15.4 Å². The first kappa shape index (κ1) is 14.9. The smallest absolute Gasteiger partial charge is 0.266 e. The highest BCUT2D eigenvalue weighted by Crippen LogP contribution is 2.21. The molecule has 2 aromatic rings. The van der Waals surface area contributed by atoms with Crippen LogP contribution in [0.1, 0.15) is 18.2 Å². The molecule has 0 saturated carbocycles. The molecule has 1 atom stereocenters. The van der Waals surface area contributed by atoms with Crippen LogP contribution >= 0.6 is 11.6 Å².